The van der Waals surface area contributed by atoms with Gasteiger partial charge in [0.15, 0.2) is 0 Å². The first-order chi connectivity index (χ1) is 12.0. The van der Waals surface area contributed by atoms with Crippen LogP contribution in [-0.4, -0.2) is 35.5 Å². The summed E-state index contributed by atoms with van der Waals surface area (Å²) in [6, 6.07) is 11.3. The van der Waals surface area contributed by atoms with Crippen molar-refractivity contribution in [1.82, 2.24) is 10.6 Å². The average molecular weight is 342 g/mol. The Balaban J connectivity index is 1.80. The molecule has 1 atom stereocenters. The Bertz CT molecular complexity index is 738. The predicted octanol–water partition coefficient (Wildman–Crippen LogP) is 1.22. The molecule has 130 valence electrons. The van der Waals surface area contributed by atoms with Crippen LogP contribution in [0.2, 0.25) is 0 Å². The quantitative estimate of drug-likeness (QED) is 0.625. The van der Waals surface area contributed by atoms with Crippen molar-refractivity contribution in [2.45, 2.75) is 12.5 Å². The molecule has 0 radical (unpaired) electrons. The average Bonchev–Trinajstić information content (AvgIpc) is 3.12. The van der Waals surface area contributed by atoms with Crippen LogP contribution in [0.15, 0.2) is 59.2 Å². The lowest BCUT2D eigenvalue weighted by atomic mass is 10.1. The Morgan fingerprint density at radius 2 is 1.88 bits per heavy atom. The minimum absolute atomic E-state index is 0.161. The molecule has 7 nitrogen and oxygen atoms in total. The van der Waals surface area contributed by atoms with Gasteiger partial charge in [-0.25, -0.2) is 4.79 Å². The van der Waals surface area contributed by atoms with Crippen LogP contribution in [0.4, 0.5) is 0 Å². The summed E-state index contributed by atoms with van der Waals surface area (Å²) in [6.07, 6.45) is 4.32. The highest BCUT2D eigenvalue weighted by atomic mass is 16.4. The molecule has 0 unspecified atom stereocenters. The van der Waals surface area contributed by atoms with E-state index in [1.165, 1.54) is 18.4 Å². The summed E-state index contributed by atoms with van der Waals surface area (Å²) in [7, 11) is 0. The molecule has 0 saturated heterocycles. The number of hydrogen-bond donors (Lipinski definition) is 3. The zero-order valence-corrected chi connectivity index (χ0v) is 13.3. The molecule has 0 aliphatic heterocycles. The molecule has 2 rings (SSSR count). The Kier molecular flexibility index (Phi) is 6.53. The lowest BCUT2D eigenvalue weighted by molar-refractivity contribution is -0.141. The highest BCUT2D eigenvalue weighted by molar-refractivity contribution is 5.94. The van der Waals surface area contributed by atoms with Crippen molar-refractivity contribution in [1.29, 1.82) is 0 Å². The van der Waals surface area contributed by atoms with E-state index in [2.05, 4.69) is 10.6 Å². The van der Waals surface area contributed by atoms with Crippen molar-refractivity contribution in [3.05, 3.63) is 66.1 Å². The second-order valence-corrected chi connectivity index (χ2v) is 5.21. The standard InChI is InChI=1S/C18H18N2O5/c21-16(9-8-14-7-4-10-25-14)19-12-17(22)20-15(18(23)24)11-13-5-2-1-3-6-13/h1-10,15H,11-12H2,(H,19,21)(H,20,22)(H,23,24)/t15-/m0/s1. The number of carbonyl (C=O) groups excluding carboxylic acids is 2. The molecule has 0 fully saturated rings. The van der Waals surface area contributed by atoms with E-state index in [0.29, 0.717) is 5.76 Å². The maximum atomic E-state index is 11.9. The van der Waals surface area contributed by atoms with Gasteiger partial charge in [0.05, 0.1) is 12.8 Å². The number of benzene rings is 1. The number of carboxylic acid groups (broad SMARTS) is 1. The molecule has 0 aliphatic carbocycles. The van der Waals surface area contributed by atoms with Crippen LogP contribution < -0.4 is 10.6 Å². The van der Waals surface area contributed by atoms with Gasteiger partial charge in [0.25, 0.3) is 0 Å². The SMILES string of the molecule is O=C(C=Cc1ccco1)NCC(=O)N[C@@H](Cc1ccccc1)C(=O)O. The summed E-state index contributed by atoms with van der Waals surface area (Å²) < 4.78 is 5.03. The smallest absolute Gasteiger partial charge is 0.326 e. The number of amides is 2. The van der Waals surface area contributed by atoms with Gasteiger partial charge < -0.3 is 20.2 Å². The van der Waals surface area contributed by atoms with Crippen LogP contribution in [0, 0.1) is 0 Å². The number of furan rings is 1. The van der Waals surface area contributed by atoms with Crippen molar-refractivity contribution < 1.29 is 23.9 Å². The second-order valence-electron chi connectivity index (χ2n) is 5.21. The summed E-state index contributed by atoms with van der Waals surface area (Å²) in [4.78, 5) is 34.8. The molecular formula is C18H18N2O5. The van der Waals surface area contributed by atoms with Crippen molar-refractivity contribution in [3.8, 4) is 0 Å². The van der Waals surface area contributed by atoms with Gasteiger partial charge in [-0.2, -0.15) is 0 Å². The Labute approximate surface area is 144 Å². The van der Waals surface area contributed by atoms with Gasteiger partial charge in [-0.1, -0.05) is 30.3 Å². The van der Waals surface area contributed by atoms with Crippen molar-refractivity contribution in [2.75, 3.05) is 6.54 Å². The minimum atomic E-state index is -1.14. The fourth-order valence-electron chi connectivity index (χ4n) is 2.07. The van der Waals surface area contributed by atoms with Gasteiger partial charge in [0.2, 0.25) is 11.8 Å². The summed E-state index contributed by atoms with van der Waals surface area (Å²) in [5.74, 6) is -1.70. The fraction of sp³-hybridized carbons (Fsp3) is 0.167. The lowest BCUT2D eigenvalue weighted by Gasteiger charge is -2.14. The molecule has 2 amide bonds. The normalized spacial score (nSPS) is 11.8. The van der Waals surface area contributed by atoms with Crippen molar-refractivity contribution >= 4 is 23.9 Å². The fourth-order valence-corrected chi connectivity index (χ4v) is 2.07. The third-order valence-electron chi connectivity index (χ3n) is 3.28. The molecule has 0 bridgehead atoms. The Morgan fingerprint density at radius 1 is 1.12 bits per heavy atom. The van der Waals surface area contributed by atoms with Crippen LogP contribution in [-0.2, 0) is 20.8 Å². The van der Waals surface area contributed by atoms with E-state index in [-0.39, 0.29) is 13.0 Å². The zero-order valence-electron chi connectivity index (χ0n) is 13.3. The first kappa shape index (κ1) is 18.0. The van der Waals surface area contributed by atoms with E-state index >= 15 is 0 Å². The maximum Gasteiger partial charge on any atom is 0.326 e. The zero-order chi connectivity index (χ0) is 18.1. The topological polar surface area (TPSA) is 109 Å². The second kappa shape index (κ2) is 9.07. The molecule has 25 heavy (non-hydrogen) atoms. The molecule has 1 aromatic carbocycles. The summed E-state index contributed by atoms with van der Waals surface area (Å²) in [6.45, 7) is -0.320. The van der Waals surface area contributed by atoms with E-state index in [1.54, 1.807) is 36.4 Å². The first-order valence-corrected chi connectivity index (χ1v) is 7.60. The highest BCUT2D eigenvalue weighted by Crippen LogP contribution is 2.04. The summed E-state index contributed by atoms with van der Waals surface area (Å²) in [5, 5.41) is 14.0. The molecule has 0 aliphatic rings. The Morgan fingerprint density at radius 3 is 2.52 bits per heavy atom. The minimum Gasteiger partial charge on any atom is -0.480 e. The van der Waals surface area contributed by atoms with E-state index in [4.69, 9.17) is 4.42 Å². The van der Waals surface area contributed by atoms with E-state index < -0.39 is 23.8 Å². The van der Waals surface area contributed by atoms with Gasteiger partial charge in [0, 0.05) is 12.5 Å². The molecule has 7 heteroatoms. The van der Waals surface area contributed by atoms with Gasteiger partial charge in [-0.3, -0.25) is 9.59 Å². The number of carboxylic acids is 1. The van der Waals surface area contributed by atoms with Crippen LogP contribution in [0.3, 0.4) is 0 Å². The highest BCUT2D eigenvalue weighted by Gasteiger charge is 2.20. The van der Waals surface area contributed by atoms with Crippen LogP contribution in [0.25, 0.3) is 6.08 Å². The van der Waals surface area contributed by atoms with Crippen LogP contribution in [0.5, 0.6) is 0 Å². The molecule has 1 heterocycles. The Hall–Kier alpha value is -3.35. The molecule has 2 aromatic rings. The number of rotatable bonds is 8. The molecule has 0 spiro atoms. The molecule has 3 N–H and O–H groups in total. The van der Waals surface area contributed by atoms with Crippen LogP contribution in [0.1, 0.15) is 11.3 Å². The van der Waals surface area contributed by atoms with E-state index in [1.807, 2.05) is 6.07 Å². The van der Waals surface area contributed by atoms with Gasteiger partial charge in [0.1, 0.15) is 11.8 Å². The summed E-state index contributed by atoms with van der Waals surface area (Å²) in [5.41, 5.74) is 0.792. The largest absolute Gasteiger partial charge is 0.480 e. The van der Waals surface area contributed by atoms with Crippen molar-refractivity contribution in [3.63, 3.8) is 0 Å². The summed E-state index contributed by atoms with van der Waals surface area (Å²) >= 11 is 0. The molecular weight excluding hydrogens is 324 g/mol. The monoisotopic (exact) mass is 342 g/mol. The lowest BCUT2D eigenvalue weighted by Crippen LogP contribution is -2.46. The van der Waals surface area contributed by atoms with Gasteiger partial charge >= 0.3 is 5.97 Å². The number of nitrogens with one attached hydrogen (secondary N) is 2. The van der Waals surface area contributed by atoms with E-state index in [0.717, 1.165) is 5.56 Å². The number of carbonyl (C=O) groups is 3. The molecule has 1 aromatic heterocycles. The first-order valence-electron chi connectivity index (χ1n) is 7.60. The van der Waals surface area contributed by atoms with E-state index in [9.17, 15) is 19.5 Å². The third-order valence-corrected chi connectivity index (χ3v) is 3.28. The van der Waals surface area contributed by atoms with Crippen molar-refractivity contribution in [2.24, 2.45) is 0 Å². The van der Waals surface area contributed by atoms with Gasteiger partial charge in [-0.05, 0) is 23.8 Å². The van der Waals surface area contributed by atoms with Crippen LogP contribution >= 0.6 is 0 Å². The van der Waals surface area contributed by atoms with Gasteiger partial charge in [-0.15, -0.1) is 0 Å². The maximum absolute atomic E-state index is 11.9. The third kappa shape index (κ3) is 6.34. The number of aliphatic carboxylic acids is 1. The predicted molar refractivity (Wildman–Crippen MR) is 90.5 cm³/mol. The molecule has 0 saturated carbocycles. The number of hydrogen-bond acceptors (Lipinski definition) is 4.